The summed E-state index contributed by atoms with van der Waals surface area (Å²) in [7, 11) is 0. The smallest absolute Gasteiger partial charge is 0.342 e. The van der Waals surface area contributed by atoms with Crippen LogP contribution in [-0.2, 0) is 9.53 Å². The van der Waals surface area contributed by atoms with Crippen molar-refractivity contribution in [1.29, 1.82) is 0 Å². The molecule has 0 rings (SSSR count). The van der Waals surface area contributed by atoms with E-state index in [4.69, 9.17) is 4.74 Å². The standard InChI is InChI=1S/C13H22O3/c1-7-16-11(14)13(6,15)9-8-10(2)12(3,4)5/h9,15H,7H2,1-6H3/t8?,13-/m1/s1. The molecule has 0 saturated heterocycles. The lowest BCUT2D eigenvalue weighted by Gasteiger charge is -2.18. The zero-order valence-corrected chi connectivity index (χ0v) is 11.0. The molecule has 0 amide bonds. The average molecular weight is 226 g/mol. The van der Waals surface area contributed by atoms with E-state index in [1.165, 1.54) is 13.0 Å². The van der Waals surface area contributed by atoms with Crippen LogP contribution in [0.3, 0.4) is 0 Å². The predicted molar refractivity (Wildman–Crippen MR) is 64.0 cm³/mol. The largest absolute Gasteiger partial charge is 0.464 e. The van der Waals surface area contributed by atoms with Gasteiger partial charge in [0.2, 0.25) is 0 Å². The molecule has 0 aliphatic heterocycles. The van der Waals surface area contributed by atoms with Crippen molar-refractivity contribution in [2.75, 3.05) is 6.61 Å². The van der Waals surface area contributed by atoms with Gasteiger partial charge in [0.05, 0.1) is 6.61 Å². The van der Waals surface area contributed by atoms with E-state index in [0.29, 0.717) is 0 Å². The molecule has 0 aromatic heterocycles. The van der Waals surface area contributed by atoms with Gasteiger partial charge in [0.15, 0.2) is 5.60 Å². The van der Waals surface area contributed by atoms with Crippen LogP contribution in [0.1, 0.15) is 41.5 Å². The van der Waals surface area contributed by atoms with Crippen molar-refractivity contribution >= 4 is 5.97 Å². The summed E-state index contributed by atoms with van der Waals surface area (Å²) in [5.41, 5.74) is 2.28. The summed E-state index contributed by atoms with van der Waals surface area (Å²) in [6.07, 6.45) is 1.35. The van der Waals surface area contributed by atoms with Crippen LogP contribution in [0.25, 0.3) is 0 Å². The Balaban J connectivity index is 4.96. The molecule has 0 spiro atoms. The highest BCUT2D eigenvalue weighted by atomic mass is 16.5. The Labute approximate surface area is 97.8 Å². The number of ether oxygens (including phenoxy) is 1. The van der Waals surface area contributed by atoms with Crippen LogP contribution < -0.4 is 0 Å². The van der Waals surface area contributed by atoms with Gasteiger partial charge in [-0.3, -0.25) is 0 Å². The van der Waals surface area contributed by atoms with Crippen LogP contribution in [0.2, 0.25) is 0 Å². The first kappa shape index (κ1) is 14.9. The highest BCUT2D eigenvalue weighted by molar-refractivity contribution is 5.81. The lowest BCUT2D eigenvalue weighted by molar-refractivity contribution is -0.158. The number of carbonyl (C=O) groups excluding carboxylic acids is 1. The first-order chi connectivity index (χ1) is 7.11. The Kier molecular flexibility index (Phi) is 4.98. The molecule has 0 aromatic rings. The Morgan fingerprint density at radius 2 is 1.88 bits per heavy atom. The Hall–Kier alpha value is -1.05. The van der Waals surface area contributed by atoms with Crippen LogP contribution >= 0.6 is 0 Å². The van der Waals surface area contributed by atoms with E-state index in [2.05, 4.69) is 5.73 Å². The average Bonchev–Trinajstić information content (AvgIpc) is 2.13. The molecule has 0 radical (unpaired) electrons. The Bertz CT molecular complexity index is 313. The van der Waals surface area contributed by atoms with Gasteiger partial charge in [-0.05, 0) is 31.8 Å². The van der Waals surface area contributed by atoms with E-state index < -0.39 is 11.6 Å². The van der Waals surface area contributed by atoms with Crippen molar-refractivity contribution < 1.29 is 14.6 Å². The normalized spacial score (nSPS) is 14.7. The molecule has 0 aliphatic rings. The highest BCUT2D eigenvalue weighted by Crippen LogP contribution is 2.23. The highest BCUT2D eigenvalue weighted by Gasteiger charge is 2.28. The summed E-state index contributed by atoms with van der Waals surface area (Å²) in [5.74, 6) is -0.649. The quantitative estimate of drug-likeness (QED) is 0.594. The topological polar surface area (TPSA) is 46.5 Å². The molecule has 0 bridgehead atoms. The number of carbonyl (C=O) groups is 1. The summed E-state index contributed by atoms with van der Waals surface area (Å²) in [4.78, 5) is 11.4. The lowest BCUT2D eigenvalue weighted by Crippen LogP contribution is -2.34. The summed E-state index contributed by atoms with van der Waals surface area (Å²) in [6, 6.07) is 0. The minimum Gasteiger partial charge on any atom is -0.464 e. The van der Waals surface area contributed by atoms with Gasteiger partial charge in [-0.15, -0.1) is 5.73 Å². The maximum Gasteiger partial charge on any atom is 0.342 e. The van der Waals surface area contributed by atoms with Gasteiger partial charge in [0.25, 0.3) is 0 Å². The van der Waals surface area contributed by atoms with Gasteiger partial charge in [0, 0.05) is 6.08 Å². The third-order valence-electron chi connectivity index (χ3n) is 2.38. The number of hydrogen-bond donors (Lipinski definition) is 1. The van der Waals surface area contributed by atoms with E-state index in [-0.39, 0.29) is 12.0 Å². The van der Waals surface area contributed by atoms with Crippen molar-refractivity contribution in [2.45, 2.75) is 47.1 Å². The molecular weight excluding hydrogens is 204 g/mol. The predicted octanol–water partition coefficient (Wildman–Crippen LogP) is 2.45. The van der Waals surface area contributed by atoms with E-state index in [9.17, 15) is 9.90 Å². The van der Waals surface area contributed by atoms with Gasteiger partial charge < -0.3 is 9.84 Å². The van der Waals surface area contributed by atoms with Gasteiger partial charge in [0.1, 0.15) is 0 Å². The molecule has 92 valence electrons. The van der Waals surface area contributed by atoms with Crippen LogP contribution in [-0.4, -0.2) is 23.3 Å². The molecule has 0 heterocycles. The SMILES string of the molecule is CCOC(=O)[C@](C)(O)C=C=C(C)C(C)(C)C. The van der Waals surface area contributed by atoms with Crippen molar-refractivity contribution in [3.63, 3.8) is 0 Å². The lowest BCUT2D eigenvalue weighted by atomic mass is 9.88. The first-order valence-corrected chi connectivity index (χ1v) is 5.45. The minimum absolute atomic E-state index is 0.0265. The number of hydrogen-bond acceptors (Lipinski definition) is 3. The van der Waals surface area contributed by atoms with Crippen LogP contribution in [0.5, 0.6) is 0 Å². The molecule has 1 N–H and O–H groups in total. The summed E-state index contributed by atoms with van der Waals surface area (Å²) in [5, 5.41) is 9.82. The van der Waals surface area contributed by atoms with Crippen molar-refractivity contribution in [2.24, 2.45) is 5.41 Å². The molecule has 3 heteroatoms. The Morgan fingerprint density at radius 1 is 1.38 bits per heavy atom. The third kappa shape index (κ3) is 4.65. The van der Waals surface area contributed by atoms with Crippen molar-refractivity contribution in [3.05, 3.63) is 17.4 Å². The first-order valence-electron chi connectivity index (χ1n) is 5.45. The summed E-state index contributed by atoms with van der Waals surface area (Å²) < 4.78 is 4.76. The number of aliphatic hydroxyl groups is 1. The zero-order valence-electron chi connectivity index (χ0n) is 11.0. The van der Waals surface area contributed by atoms with E-state index >= 15 is 0 Å². The second-order valence-electron chi connectivity index (χ2n) is 5.03. The van der Waals surface area contributed by atoms with E-state index in [1.807, 2.05) is 27.7 Å². The van der Waals surface area contributed by atoms with Crippen LogP contribution in [0.15, 0.2) is 17.4 Å². The molecule has 0 aliphatic carbocycles. The Morgan fingerprint density at radius 3 is 2.25 bits per heavy atom. The van der Waals surface area contributed by atoms with Crippen LogP contribution in [0.4, 0.5) is 0 Å². The number of rotatable bonds is 3. The fraction of sp³-hybridized carbons (Fsp3) is 0.692. The van der Waals surface area contributed by atoms with Crippen LogP contribution in [0, 0.1) is 5.41 Å². The third-order valence-corrected chi connectivity index (χ3v) is 2.38. The van der Waals surface area contributed by atoms with Gasteiger partial charge in [-0.1, -0.05) is 20.8 Å². The molecule has 3 nitrogen and oxygen atoms in total. The summed E-state index contributed by atoms with van der Waals surface area (Å²) in [6.45, 7) is 11.4. The monoisotopic (exact) mass is 226 g/mol. The number of esters is 1. The maximum absolute atomic E-state index is 11.4. The molecule has 16 heavy (non-hydrogen) atoms. The van der Waals surface area contributed by atoms with Crippen molar-refractivity contribution in [1.82, 2.24) is 0 Å². The second kappa shape index (κ2) is 5.33. The van der Waals surface area contributed by atoms with Crippen molar-refractivity contribution in [3.8, 4) is 0 Å². The van der Waals surface area contributed by atoms with Gasteiger partial charge in [-0.25, -0.2) is 4.79 Å². The molecule has 0 saturated carbocycles. The molecular formula is C13H22O3. The fourth-order valence-corrected chi connectivity index (χ4v) is 0.801. The molecule has 0 aromatic carbocycles. The summed E-state index contributed by atoms with van der Waals surface area (Å²) >= 11 is 0. The van der Waals surface area contributed by atoms with Gasteiger partial charge in [-0.2, -0.15) is 0 Å². The zero-order chi connectivity index (χ0) is 13.0. The molecule has 0 unspecified atom stereocenters. The second-order valence-corrected chi connectivity index (χ2v) is 5.03. The minimum atomic E-state index is -1.61. The molecule has 1 atom stereocenters. The van der Waals surface area contributed by atoms with E-state index in [0.717, 1.165) is 5.57 Å². The van der Waals surface area contributed by atoms with Gasteiger partial charge >= 0.3 is 5.97 Å². The molecule has 0 fully saturated rings. The van der Waals surface area contributed by atoms with E-state index in [1.54, 1.807) is 6.92 Å². The fourth-order valence-electron chi connectivity index (χ4n) is 0.801. The maximum atomic E-state index is 11.4.